The Morgan fingerprint density at radius 2 is 1.94 bits per heavy atom. The van der Waals surface area contributed by atoms with Gasteiger partial charge in [-0.1, -0.05) is 26.3 Å². The van der Waals surface area contributed by atoms with E-state index >= 15 is 0 Å². The topological polar surface area (TPSA) is 38.7 Å². The quantitative estimate of drug-likeness (QED) is 0.729. The lowest BCUT2D eigenvalue weighted by atomic mass is 9.52. The van der Waals surface area contributed by atoms with Crippen LogP contribution in [0, 0.1) is 16.7 Å². The van der Waals surface area contributed by atoms with Crippen molar-refractivity contribution in [3.63, 3.8) is 0 Å². The van der Waals surface area contributed by atoms with E-state index in [0.29, 0.717) is 19.1 Å². The van der Waals surface area contributed by atoms with Crippen molar-refractivity contribution in [1.29, 1.82) is 0 Å². The van der Waals surface area contributed by atoms with Gasteiger partial charge in [0.15, 0.2) is 5.79 Å². The number of ether oxygens (including phenoxy) is 2. The van der Waals surface area contributed by atoms with E-state index in [0.717, 1.165) is 12.8 Å². The molecule has 1 aliphatic heterocycles. The molecule has 0 amide bonds. The minimum atomic E-state index is -0.549. The van der Waals surface area contributed by atoms with Crippen LogP contribution < -0.4 is 0 Å². The highest BCUT2D eigenvalue weighted by Gasteiger charge is 2.55. The van der Waals surface area contributed by atoms with Crippen molar-refractivity contribution < 1.29 is 14.6 Å². The molecule has 1 spiro atoms. The van der Waals surface area contributed by atoms with E-state index in [1.807, 2.05) is 0 Å². The Bertz CT molecular complexity index is 355. The Balaban J connectivity index is 1.97. The van der Waals surface area contributed by atoms with Crippen LogP contribution in [0.4, 0.5) is 0 Å². The molecule has 1 saturated heterocycles. The largest absolute Gasteiger partial charge is 0.396 e. The normalized spacial score (nSPS) is 40.9. The Morgan fingerprint density at radius 3 is 2.61 bits per heavy atom. The number of hydrogen-bond donors (Lipinski definition) is 1. The standard InChI is InChI=1S/C15H24O3/c1-13(2)5-3-6-14(11-16)10-15(7-4-12(13)14)17-8-9-18-15/h4,7,12,16H,3,5-6,8-11H2,1-2H3/t12-,14+/m1/s1. The van der Waals surface area contributed by atoms with Crippen molar-refractivity contribution in [2.24, 2.45) is 16.7 Å². The van der Waals surface area contributed by atoms with Crippen molar-refractivity contribution in [2.45, 2.75) is 45.3 Å². The van der Waals surface area contributed by atoms with Gasteiger partial charge in [0.2, 0.25) is 0 Å². The van der Waals surface area contributed by atoms with Gasteiger partial charge in [-0.05, 0) is 30.3 Å². The minimum Gasteiger partial charge on any atom is -0.396 e. The number of allylic oxidation sites excluding steroid dienone is 1. The van der Waals surface area contributed by atoms with E-state index in [-0.39, 0.29) is 17.4 Å². The van der Waals surface area contributed by atoms with Gasteiger partial charge in [0, 0.05) is 18.4 Å². The summed E-state index contributed by atoms with van der Waals surface area (Å²) in [6.45, 7) is 6.21. The summed E-state index contributed by atoms with van der Waals surface area (Å²) in [7, 11) is 0. The van der Waals surface area contributed by atoms with Gasteiger partial charge in [-0.25, -0.2) is 0 Å². The van der Waals surface area contributed by atoms with E-state index in [9.17, 15) is 5.11 Å². The lowest BCUT2D eigenvalue weighted by Gasteiger charge is -2.55. The van der Waals surface area contributed by atoms with Gasteiger partial charge in [0.05, 0.1) is 13.2 Å². The fourth-order valence-electron chi connectivity index (χ4n) is 4.39. The highest BCUT2D eigenvalue weighted by molar-refractivity contribution is 5.17. The van der Waals surface area contributed by atoms with Crippen LogP contribution in [0.1, 0.15) is 39.5 Å². The predicted octanol–water partition coefficient (Wildman–Crippen LogP) is 2.49. The average Bonchev–Trinajstić information content (AvgIpc) is 2.76. The van der Waals surface area contributed by atoms with Crippen molar-refractivity contribution >= 4 is 0 Å². The van der Waals surface area contributed by atoms with Gasteiger partial charge < -0.3 is 14.6 Å². The van der Waals surface area contributed by atoms with Crippen LogP contribution in [-0.2, 0) is 9.47 Å². The molecule has 0 aromatic carbocycles. The van der Waals surface area contributed by atoms with Gasteiger partial charge in [0.1, 0.15) is 0 Å². The molecule has 1 heterocycles. The molecule has 3 rings (SSSR count). The summed E-state index contributed by atoms with van der Waals surface area (Å²) in [6.07, 6.45) is 8.67. The highest BCUT2D eigenvalue weighted by Crippen LogP contribution is 2.58. The maximum Gasteiger partial charge on any atom is 0.188 e. The Labute approximate surface area is 109 Å². The number of aliphatic hydroxyl groups is 1. The summed E-state index contributed by atoms with van der Waals surface area (Å²) in [6, 6.07) is 0. The van der Waals surface area contributed by atoms with Gasteiger partial charge in [-0.15, -0.1) is 0 Å². The van der Waals surface area contributed by atoms with Crippen LogP contribution in [0.2, 0.25) is 0 Å². The Hall–Kier alpha value is -0.380. The molecule has 0 unspecified atom stereocenters. The fraction of sp³-hybridized carbons (Fsp3) is 0.867. The van der Waals surface area contributed by atoms with Crippen molar-refractivity contribution in [2.75, 3.05) is 19.8 Å². The molecule has 3 nitrogen and oxygen atoms in total. The summed E-state index contributed by atoms with van der Waals surface area (Å²) in [5, 5.41) is 10.0. The third-order valence-corrected chi connectivity index (χ3v) is 5.23. The van der Waals surface area contributed by atoms with E-state index in [1.54, 1.807) is 0 Å². The highest BCUT2D eigenvalue weighted by atomic mass is 16.7. The molecule has 1 saturated carbocycles. The maximum atomic E-state index is 10.0. The lowest BCUT2D eigenvalue weighted by molar-refractivity contribution is -0.179. The first-order valence-corrected chi connectivity index (χ1v) is 7.10. The molecule has 2 atom stereocenters. The second-order valence-electron chi connectivity index (χ2n) is 6.88. The summed E-state index contributed by atoms with van der Waals surface area (Å²) >= 11 is 0. The molecule has 0 aromatic rings. The van der Waals surface area contributed by atoms with Crippen LogP contribution >= 0.6 is 0 Å². The molecule has 0 bridgehead atoms. The zero-order valence-electron chi connectivity index (χ0n) is 11.4. The molecule has 102 valence electrons. The monoisotopic (exact) mass is 252 g/mol. The van der Waals surface area contributed by atoms with Crippen molar-refractivity contribution in [1.82, 2.24) is 0 Å². The maximum absolute atomic E-state index is 10.0. The van der Waals surface area contributed by atoms with Crippen molar-refractivity contribution in [3.8, 4) is 0 Å². The zero-order valence-corrected chi connectivity index (χ0v) is 11.4. The fourth-order valence-corrected chi connectivity index (χ4v) is 4.39. The number of fused-ring (bicyclic) bond motifs is 1. The summed E-state index contributed by atoms with van der Waals surface area (Å²) < 4.78 is 11.6. The van der Waals surface area contributed by atoms with E-state index in [2.05, 4.69) is 26.0 Å². The van der Waals surface area contributed by atoms with E-state index < -0.39 is 5.79 Å². The first-order valence-electron chi connectivity index (χ1n) is 7.10. The third-order valence-electron chi connectivity index (χ3n) is 5.23. The molecule has 3 heteroatoms. The molecule has 2 fully saturated rings. The van der Waals surface area contributed by atoms with Gasteiger partial charge in [-0.2, -0.15) is 0 Å². The Kier molecular flexibility index (Phi) is 2.85. The molecule has 0 radical (unpaired) electrons. The SMILES string of the molecule is CC1(C)CCC[C@@]2(CO)CC3(C=C[C@H]12)OCCO3. The van der Waals surface area contributed by atoms with E-state index in [1.165, 1.54) is 12.8 Å². The van der Waals surface area contributed by atoms with Crippen molar-refractivity contribution in [3.05, 3.63) is 12.2 Å². The number of rotatable bonds is 1. The first kappa shape index (κ1) is 12.6. The van der Waals surface area contributed by atoms with Gasteiger partial charge in [-0.3, -0.25) is 0 Å². The first-order chi connectivity index (χ1) is 8.52. The smallest absolute Gasteiger partial charge is 0.188 e. The van der Waals surface area contributed by atoms with Gasteiger partial charge in [0.25, 0.3) is 0 Å². The lowest BCUT2D eigenvalue weighted by Crippen LogP contribution is -2.52. The van der Waals surface area contributed by atoms with Crippen LogP contribution in [0.5, 0.6) is 0 Å². The van der Waals surface area contributed by atoms with Crippen LogP contribution in [-0.4, -0.2) is 30.7 Å². The number of aliphatic hydroxyl groups excluding tert-OH is 1. The summed E-state index contributed by atoms with van der Waals surface area (Å²) in [5.74, 6) is -0.116. The molecular formula is C15H24O3. The van der Waals surface area contributed by atoms with Crippen LogP contribution in [0.25, 0.3) is 0 Å². The Morgan fingerprint density at radius 1 is 1.22 bits per heavy atom. The third kappa shape index (κ3) is 1.75. The van der Waals surface area contributed by atoms with Crippen LogP contribution in [0.15, 0.2) is 12.2 Å². The molecule has 1 N–H and O–H groups in total. The molecule has 2 aliphatic carbocycles. The molecule has 18 heavy (non-hydrogen) atoms. The van der Waals surface area contributed by atoms with Crippen LogP contribution in [0.3, 0.4) is 0 Å². The average molecular weight is 252 g/mol. The number of hydrogen-bond acceptors (Lipinski definition) is 3. The second-order valence-corrected chi connectivity index (χ2v) is 6.88. The predicted molar refractivity (Wildman–Crippen MR) is 69.0 cm³/mol. The summed E-state index contributed by atoms with van der Waals surface area (Å²) in [5.41, 5.74) is 0.207. The minimum absolute atomic E-state index is 0.0547. The van der Waals surface area contributed by atoms with Gasteiger partial charge >= 0.3 is 0 Å². The summed E-state index contributed by atoms with van der Waals surface area (Å²) in [4.78, 5) is 0. The molecule has 0 aromatic heterocycles. The zero-order chi connectivity index (χ0) is 12.9. The second kappa shape index (κ2) is 4.06. The molecular weight excluding hydrogens is 228 g/mol. The molecule has 3 aliphatic rings. The van der Waals surface area contributed by atoms with E-state index in [4.69, 9.17) is 9.47 Å².